The maximum Gasteiger partial charge on any atom is 0.319 e. The SMILES string of the molecule is C=CC[C@H]1COC(=O)C(C)(C)C(=O)[C@H](C)[C@@H](O[C@H]2C[C@@H](C)C[C@@H](C)O2)[C@](C)(OC)C[C@@H](C)CN1C. The van der Waals surface area contributed by atoms with Gasteiger partial charge in [-0.15, -0.1) is 6.58 Å². The average Bonchev–Trinajstić information content (AvgIpc) is 2.77. The number of carbonyl (C=O) groups is 2. The third-order valence-corrected chi connectivity index (χ3v) is 7.90. The third-order valence-electron chi connectivity index (χ3n) is 7.90. The number of esters is 1. The molecule has 0 aliphatic carbocycles. The van der Waals surface area contributed by atoms with E-state index in [4.69, 9.17) is 18.9 Å². The number of nitrogens with zero attached hydrogens (tertiary/aromatic N) is 1. The van der Waals surface area contributed by atoms with Gasteiger partial charge >= 0.3 is 5.97 Å². The molecule has 35 heavy (non-hydrogen) atoms. The highest BCUT2D eigenvalue weighted by atomic mass is 16.7. The molecule has 0 radical (unpaired) electrons. The van der Waals surface area contributed by atoms with Gasteiger partial charge in [0.1, 0.15) is 12.0 Å². The van der Waals surface area contributed by atoms with Crippen LogP contribution in [0, 0.1) is 23.2 Å². The fourth-order valence-electron chi connectivity index (χ4n) is 5.84. The van der Waals surface area contributed by atoms with Crippen molar-refractivity contribution in [2.24, 2.45) is 23.2 Å². The van der Waals surface area contributed by atoms with E-state index in [1.807, 2.05) is 27.0 Å². The topological polar surface area (TPSA) is 74.3 Å². The Bertz CT molecular complexity index is 729. The Morgan fingerprint density at radius 2 is 1.77 bits per heavy atom. The number of ketones is 1. The first-order chi connectivity index (χ1) is 16.2. The molecule has 0 aromatic heterocycles. The van der Waals surface area contributed by atoms with Gasteiger partial charge in [0.05, 0.1) is 17.8 Å². The van der Waals surface area contributed by atoms with E-state index in [0.29, 0.717) is 18.8 Å². The highest BCUT2D eigenvalue weighted by Crippen LogP contribution is 2.38. The molecule has 0 aromatic carbocycles. The predicted octanol–water partition coefficient (Wildman–Crippen LogP) is 4.63. The zero-order valence-electron chi connectivity index (χ0n) is 23.5. The number of carbonyl (C=O) groups excluding carboxylic acids is 2. The smallest absolute Gasteiger partial charge is 0.319 e. The lowest BCUT2D eigenvalue weighted by Crippen LogP contribution is -2.55. The van der Waals surface area contributed by atoms with E-state index in [1.165, 1.54) is 0 Å². The van der Waals surface area contributed by atoms with Gasteiger partial charge in [0.15, 0.2) is 12.1 Å². The van der Waals surface area contributed by atoms with Crippen LogP contribution in [0.1, 0.15) is 74.1 Å². The van der Waals surface area contributed by atoms with E-state index in [2.05, 4.69) is 32.3 Å². The molecule has 7 heteroatoms. The van der Waals surface area contributed by atoms with Crippen molar-refractivity contribution < 1.29 is 28.5 Å². The van der Waals surface area contributed by atoms with Crippen LogP contribution < -0.4 is 0 Å². The van der Waals surface area contributed by atoms with E-state index in [0.717, 1.165) is 19.4 Å². The van der Waals surface area contributed by atoms with Crippen molar-refractivity contribution in [2.75, 3.05) is 27.3 Å². The number of rotatable bonds is 5. The van der Waals surface area contributed by atoms with Crippen LogP contribution in [0.3, 0.4) is 0 Å². The number of hydrogen-bond donors (Lipinski definition) is 0. The van der Waals surface area contributed by atoms with Gasteiger partial charge in [0.25, 0.3) is 0 Å². The predicted molar refractivity (Wildman–Crippen MR) is 137 cm³/mol. The highest BCUT2D eigenvalue weighted by molar-refractivity contribution is 6.04. The molecule has 0 amide bonds. The summed E-state index contributed by atoms with van der Waals surface area (Å²) in [6.07, 6.45) is 4.01. The Labute approximate surface area is 212 Å². The summed E-state index contributed by atoms with van der Waals surface area (Å²) in [6, 6.07) is -0.0116. The molecular weight excluding hydrogens is 446 g/mol. The summed E-state index contributed by atoms with van der Waals surface area (Å²) in [6.45, 7) is 18.4. The molecule has 2 saturated heterocycles. The van der Waals surface area contributed by atoms with Gasteiger partial charge in [0, 0.05) is 32.0 Å². The lowest BCUT2D eigenvalue weighted by molar-refractivity contribution is -0.262. The summed E-state index contributed by atoms with van der Waals surface area (Å²) < 4.78 is 24.6. The van der Waals surface area contributed by atoms with Crippen LogP contribution in [0.25, 0.3) is 0 Å². The Hall–Kier alpha value is -1.28. The van der Waals surface area contributed by atoms with Gasteiger partial charge in [-0.1, -0.05) is 26.8 Å². The first-order valence-corrected chi connectivity index (χ1v) is 13.1. The maximum atomic E-state index is 13.8. The normalized spacial score (nSPS) is 40.2. The summed E-state index contributed by atoms with van der Waals surface area (Å²) >= 11 is 0. The van der Waals surface area contributed by atoms with Crippen molar-refractivity contribution in [3.8, 4) is 0 Å². The van der Waals surface area contributed by atoms with Crippen molar-refractivity contribution in [2.45, 2.75) is 104 Å². The Kier molecular flexibility index (Phi) is 10.5. The van der Waals surface area contributed by atoms with E-state index < -0.39 is 35.3 Å². The number of methoxy groups -OCH3 is 1. The first-order valence-electron chi connectivity index (χ1n) is 13.1. The average molecular weight is 496 g/mol. The molecule has 0 saturated carbocycles. The molecule has 2 fully saturated rings. The standard InChI is InChI=1S/C28H49NO6/c1-11-12-22-17-33-26(31)27(6,7)24(30)21(5)25(35-23-14-18(2)13-20(4)34-23)28(8,32-10)15-19(3)16-29(22)9/h11,18-23,25H,1,12-17H2,2-10H3/t18-,19+,20+,21-,22-,23-,25+,28+/m0/s1. The zero-order chi connectivity index (χ0) is 26.6. The molecule has 8 atom stereocenters. The second kappa shape index (κ2) is 12.3. The molecule has 2 heterocycles. The molecule has 2 aliphatic rings. The van der Waals surface area contributed by atoms with E-state index in [9.17, 15) is 9.59 Å². The lowest BCUT2D eigenvalue weighted by Gasteiger charge is -2.45. The van der Waals surface area contributed by atoms with Crippen molar-refractivity contribution in [1.82, 2.24) is 4.90 Å². The van der Waals surface area contributed by atoms with Crippen molar-refractivity contribution in [3.05, 3.63) is 12.7 Å². The molecule has 2 rings (SSSR count). The Morgan fingerprint density at radius 3 is 2.34 bits per heavy atom. The maximum absolute atomic E-state index is 13.8. The third kappa shape index (κ3) is 7.37. The molecule has 2 aliphatic heterocycles. The zero-order valence-corrected chi connectivity index (χ0v) is 23.5. The Balaban J connectivity index is 2.48. The fraction of sp³-hybridized carbons (Fsp3) is 0.857. The number of cyclic esters (lactones) is 1. The van der Waals surface area contributed by atoms with E-state index in [-0.39, 0.29) is 30.5 Å². The summed E-state index contributed by atoms with van der Waals surface area (Å²) in [5.41, 5.74) is -2.08. The van der Waals surface area contributed by atoms with Crippen LogP contribution >= 0.6 is 0 Å². The van der Waals surface area contributed by atoms with Crippen LogP contribution in [-0.4, -0.2) is 74.1 Å². The molecule has 0 aromatic rings. The van der Waals surface area contributed by atoms with Crippen LogP contribution in [0.5, 0.6) is 0 Å². The minimum absolute atomic E-state index is 0.0116. The van der Waals surface area contributed by atoms with Gasteiger partial charge < -0.3 is 18.9 Å². The van der Waals surface area contributed by atoms with Gasteiger partial charge in [0.2, 0.25) is 0 Å². The molecule has 7 nitrogen and oxygen atoms in total. The molecule has 0 spiro atoms. The molecule has 202 valence electrons. The molecular formula is C28H49NO6. The number of hydrogen-bond acceptors (Lipinski definition) is 7. The summed E-state index contributed by atoms with van der Waals surface area (Å²) in [4.78, 5) is 29.2. The second-order valence-corrected chi connectivity index (χ2v) is 11.8. The van der Waals surface area contributed by atoms with Crippen LogP contribution in [0.4, 0.5) is 0 Å². The number of ether oxygens (including phenoxy) is 4. The quantitative estimate of drug-likeness (QED) is 0.313. The molecule has 0 unspecified atom stereocenters. The minimum Gasteiger partial charge on any atom is -0.463 e. The number of Topliss-reactive ketones (excluding diaryl/α,β-unsaturated/α-hetero) is 1. The van der Waals surface area contributed by atoms with Crippen LogP contribution in [-0.2, 0) is 28.5 Å². The van der Waals surface area contributed by atoms with Gasteiger partial charge in [-0.2, -0.15) is 0 Å². The van der Waals surface area contributed by atoms with Gasteiger partial charge in [-0.3, -0.25) is 14.5 Å². The minimum atomic E-state index is -1.32. The largest absolute Gasteiger partial charge is 0.463 e. The second-order valence-electron chi connectivity index (χ2n) is 11.8. The van der Waals surface area contributed by atoms with Gasteiger partial charge in [-0.05, 0) is 65.8 Å². The van der Waals surface area contributed by atoms with Crippen LogP contribution in [0.2, 0.25) is 0 Å². The first kappa shape index (κ1) is 29.9. The number of likely N-dealkylation sites (N-methyl/N-ethyl adjacent to an activating group) is 1. The Morgan fingerprint density at radius 1 is 1.11 bits per heavy atom. The fourth-order valence-corrected chi connectivity index (χ4v) is 5.84. The lowest BCUT2D eigenvalue weighted by atomic mass is 9.74. The van der Waals surface area contributed by atoms with E-state index in [1.54, 1.807) is 21.0 Å². The monoisotopic (exact) mass is 495 g/mol. The van der Waals surface area contributed by atoms with Gasteiger partial charge in [-0.25, -0.2) is 0 Å². The summed E-state index contributed by atoms with van der Waals surface area (Å²) in [5.74, 6) is -0.640. The highest BCUT2D eigenvalue weighted by Gasteiger charge is 2.50. The van der Waals surface area contributed by atoms with Crippen molar-refractivity contribution >= 4 is 11.8 Å². The van der Waals surface area contributed by atoms with Crippen LogP contribution in [0.15, 0.2) is 12.7 Å². The molecule has 0 bridgehead atoms. The van der Waals surface area contributed by atoms with Crippen molar-refractivity contribution in [3.63, 3.8) is 0 Å². The summed E-state index contributed by atoms with van der Waals surface area (Å²) in [5, 5.41) is 0. The van der Waals surface area contributed by atoms with Crippen molar-refractivity contribution in [1.29, 1.82) is 0 Å². The molecule has 0 N–H and O–H groups in total. The van der Waals surface area contributed by atoms with E-state index >= 15 is 0 Å². The summed E-state index contributed by atoms with van der Waals surface area (Å²) in [7, 11) is 3.71.